The summed E-state index contributed by atoms with van der Waals surface area (Å²) >= 11 is 0. The van der Waals surface area contributed by atoms with E-state index in [9.17, 15) is 14.7 Å². The van der Waals surface area contributed by atoms with Crippen LogP contribution >= 0.6 is 0 Å². The van der Waals surface area contributed by atoms with Gasteiger partial charge in [0, 0.05) is 11.8 Å². The Labute approximate surface area is 77.1 Å². The van der Waals surface area contributed by atoms with Crippen LogP contribution in [-0.2, 0) is 9.59 Å². The fourth-order valence-electron chi connectivity index (χ4n) is 2.86. The molecule has 3 nitrogen and oxygen atoms in total. The molecule has 2 aliphatic carbocycles. The van der Waals surface area contributed by atoms with Gasteiger partial charge in [-0.15, -0.1) is 0 Å². The lowest BCUT2D eigenvalue weighted by molar-refractivity contribution is -0.140. The minimum atomic E-state index is -0.940. The first-order valence-corrected chi connectivity index (χ1v) is 4.57. The third kappa shape index (κ3) is 0.702. The van der Waals surface area contributed by atoms with E-state index in [1.54, 1.807) is 0 Å². The van der Waals surface area contributed by atoms with Crippen molar-refractivity contribution in [1.82, 2.24) is 0 Å². The van der Waals surface area contributed by atoms with Crippen LogP contribution in [0.1, 0.15) is 27.2 Å². The van der Waals surface area contributed by atoms with E-state index in [1.807, 2.05) is 20.8 Å². The number of carbonyl (C=O) groups is 2. The van der Waals surface area contributed by atoms with Gasteiger partial charge in [-0.25, -0.2) is 0 Å². The standard InChI is InChI=1S/C10H14O3/c1-9(2)6-5(11)4-10(9,3)8(13)7(6)12/h6,8,13H,4H2,1-3H3. The zero-order valence-corrected chi connectivity index (χ0v) is 8.13. The van der Waals surface area contributed by atoms with Crippen LogP contribution in [0, 0.1) is 16.7 Å². The molecule has 2 bridgehead atoms. The van der Waals surface area contributed by atoms with E-state index in [4.69, 9.17) is 0 Å². The van der Waals surface area contributed by atoms with Crippen LogP contribution in [0.5, 0.6) is 0 Å². The highest BCUT2D eigenvalue weighted by Crippen LogP contribution is 2.62. The first kappa shape index (κ1) is 8.88. The van der Waals surface area contributed by atoms with Crippen molar-refractivity contribution in [3.8, 4) is 0 Å². The molecule has 3 atom stereocenters. The summed E-state index contributed by atoms with van der Waals surface area (Å²) < 4.78 is 0. The van der Waals surface area contributed by atoms with E-state index in [-0.39, 0.29) is 17.0 Å². The normalized spacial score (nSPS) is 47.4. The first-order chi connectivity index (χ1) is 5.82. The average molecular weight is 182 g/mol. The van der Waals surface area contributed by atoms with Crippen LogP contribution in [0.4, 0.5) is 0 Å². The van der Waals surface area contributed by atoms with Gasteiger partial charge in [0.1, 0.15) is 11.9 Å². The minimum absolute atomic E-state index is 0.00259. The molecule has 3 heteroatoms. The van der Waals surface area contributed by atoms with Crippen molar-refractivity contribution in [3.63, 3.8) is 0 Å². The van der Waals surface area contributed by atoms with Crippen molar-refractivity contribution >= 4 is 11.6 Å². The molecule has 0 heterocycles. The summed E-state index contributed by atoms with van der Waals surface area (Å²) in [5, 5.41) is 9.70. The zero-order valence-electron chi connectivity index (χ0n) is 8.13. The molecule has 0 aromatic carbocycles. The molecule has 2 saturated carbocycles. The SMILES string of the molecule is CC1(C)C2C(=O)CC1(C)C(O)C2=O. The Balaban J connectivity index is 2.59. The molecule has 2 rings (SSSR count). The number of fused-ring (bicyclic) bond motifs is 2. The molecule has 0 radical (unpaired) electrons. The monoisotopic (exact) mass is 182 g/mol. The van der Waals surface area contributed by atoms with E-state index in [0.29, 0.717) is 6.42 Å². The summed E-state index contributed by atoms with van der Waals surface area (Å²) in [6, 6.07) is 0. The second kappa shape index (κ2) is 2.03. The maximum atomic E-state index is 11.5. The fraction of sp³-hybridized carbons (Fsp3) is 0.800. The molecule has 0 aromatic heterocycles. The van der Waals surface area contributed by atoms with Gasteiger partial charge in [0.15, 0.2) is 5.78 Å². The number of Topliss-reactive ketones (excluding diaryl/α,β-unsaturated/α-hetero) is 2. The van der Waals surface area contributed by atoms with Crippen LogP contribution in [0.15, 0.2) is 0 Å². The molecule has 72 valence electrons. The summed E-state index contributed by atoms with van der Waals surface area (Å²) in [5.74, 6) is -0.834. The van der Waals surface area contributed by atoms with E-state index < -0.39 is 17.4 Å². The number of aliphatic hydroxyl groups excluding tert-OH is 1. The molecule has 1 N–H and O–H groups in total. The Morgan fingerprint density at radius 1 is 1.31 bits per heavy atom. The van der Waals surface area contributed by atoms with Gasteiger partial charge in [0.05, 0.1) is 5.92 Å². The van der Waals surface area contributed by atoms with Gasteiger partial charge in [0.25, 0.3) is 0 Å². The van der Waals surface area contributed by atoms with E-state index in [2.05, 4.69) is 0 Å². The summed E-state index contributed by atoms with van der Waals surface area (Å²) in [7, 11) is 0. The lowest BCUT2D eigenvalue weighted by Crippen LogP contribution is -2.39. The molecule has 0 spiro atoms. The third-order valence-corrected chi connectivity index (χ3v) is 4.21. The predicted molar refractivity (Wildman–Crippen MR) is 46.0 cm³/mol. The number of rotatable bonds is 0. The van der Waals surface area contributed by atoms with Crippen LogP contribution < -0.4 is 0 Å². The summed E-state index contributed by atoms with van der Waals surface area (Å²) in [4.78, 5) is 23.0. The van der Waals surface area contributed by atoms with E-state index >= 15 is 0 Å². The summed E-state index contributed by atoms with van der Waals surface area (Å²) in [6.45, 7) is 5.63. The number of ketones is 2. The topological polar surface area (TPSA) is 54.4 Å². The molecule has 0 amide bonds. The maximum Gasteiger partial charge on any atom is 0.172 e. The number of aliphatic hydroxyl groups is 1. The maximum absolute atomic E-state index is 11.5. The zero-order chi connectivity index (χ0) is 10.0. The fourth-order valence-corrected chi connectivity index (χ4v) is 2.86. The highest BCUT2D eigenvalue weighted by molar-refractivity contribution is 6.11. The smallest absolute Gasteiger partial charge is 0.172 e. The Kier molecular flexibility index (Phi) is 1.39. The predicted octanol–water partition coefficient (Wildman–Crippen LogP) is 0.551. The number of hydrogen-bond donors (Lipinski definition) is 1. The van der Waals surface area contributed by atoms with Gasteiger partial charge in [-0.3, -0.25) is 9.59 Å². The number of carbonyl (C=O) groups excluding carboxylic acids is 2. The van der Waals surface area contributed by atoms with E-state index in [1.165, 1.54) is 0 Å². The third-order valence-electron chi connectivity index (χ3n) is 4.21. The van der Waals surface area contributed by atoms with Gasteiger partial charge in [0.2, 0.25) is 0 Å². The summed E-state index contributed by atoms with van der Waals surface area (Å²) in [6.07, 6.45) is -0.595. The van der Waals surface area contributed by atoms with Crippen molar-refractivity contribution in [2.75, 3.05) is 0 Å². The van der Waals surface area contributed by atoms with Gasteiger partial charge in [-0.05, 0) is 5.41 Å². The van der Waals surface area contributed by atoms with Crippen molar-refractivity contribution in [2.45, 2.75) is 33.3 Å². The Hall–Kier alpha value is -0.700. The molecular formula is C10H14O3. The average Bonchev–Trinajstić information content (AvgIpc) is 2.22. The van der Waals surface area contributed by atoms with Gasteiger partial charge < -0.3 is 5.11 Å². The second-order valence-electron chi connectivity index (χ2n) is 5.02. The van der Waals surface area contributed by atoms with Crippen LogP contribution in [0.2, 0.25) is 0 Å². The highest BCUT2D eigenvalue weighted by atomic mass is 16.3. The lowest BCUT2D eigenvalue weighted by atomic mass is 9.70. The van der Waals surface area contributed by atoms with Crippen molar-refractivity contribution < 1.29 is 14.7 Å². The summed E-state index contributed by atoms with van der Waals surface area (Å²) in [5.41, 5.74) is -0.910. The van der Waals surface area contributed by atoms with Gasteiger partial charge >= 0.3 is 0 Å². The molecule has 13 heavy (non-hydrogen) atoms. The molecule has 3 unspecified atom stereocenters. The van der Waals surface area contributed by atoms with Crippen LogP contribution in [0.3, 0.4) is 0 Å². The second-order valence-corrected chi connectivity index (χ2v) is 5.02. The highest BCUT2D eigenvalue weighted by Gasteiger charge is 2.69. The molecule has 0 aromatic rings. The molecule has 2 fully saturated rings. The molecule has 0 saturated heterocycles. The minimum Gasteiger partial charge on any atom is -0.385 e. The van der Waals surface area contributed by atoms with Crippen molar-refractivity contribution in [2.24, 2.45) is 16.7 Å². The van der Waals surface area contributed by atoms with Crippen LogP contribution in [-0.4, -0.2) is 22.8 Å². The quantitative estimate of drug-likeness (QED) is 0.557. The van der Waals surface area contributed by atoms with Crippen molar-refractivity contribution in [3.05, 3.63) is 0 Å². The van der Waals surface area contributed by atoms with Gasteiger partial charge in [-0.1, -0.05) is 20.8 Å². The molecule has 0 aliphatic heterocycles. The van der Waals surface area contributed by atoms with Crippen molar-refractivity contribution in [1.29, 1.82) is 0 Å². The first-order valence-electron chi connectivity index (χ1n) is 4.57. The largest absolute Gasteiger partial charge is 0.385 e. The Morgan fingerprint density at radius 2 is 1.85 bits per heavy atom. The van der Waals surface area contributed by atoms with E-state index in [0.717, 1.165) is 0 Å². The number of hydrogen-bond acceptors (Lipinski definition) is 3. The van der Waals surface area contributed by atoms with Crippen LogP contribution in [0.25, 0.3) is 0 Å². The Morgan fingerprint density at radius 3 is 2.15 bits per heavy atom. The lowest BCUT2D eigenvalue weighted by Gasteiger charge is -2.34. The Bertz CT molecular complexity index is 305. The molecule has 2 aliphatic rings. The molecular weight excluding hydrogens is 168 g/mol. The van der Waals surface area contributed by atoms with Gasteiger partial charge in [-0.2, -0.15) is 0 Å².